The van der Waals surface area contributed by atoms with Crippen LogP contribution >= 0.6 is 0 Å². The molecule has 7 heteroatoms. The van der Waals surface area contributed by atoms with E-state index in [4.69, 9.17) is 4.74 Å². The highest BCUT2D eigenvalue weighted by molar-refractivity contribution is 5.99. The number of carbonyl (C=O) groups excluding carboxylic acids is 2. The normalized spacial score (nSPS) is 58.9. The van der Waals surface area contributed by atoms with E-state index >= 15 is 0 Å². The third-order valence-electron chi connectivity index (χ3n) is 12.2. The number of ketones is 1. The number of ether oxygens (including phenoxy) is 1. The number of fused-ring (bicyclic) bond motifs is 8. The molecule has 7 aliphatic rings. The van der Waals surface area contributed by atoms with Crippen LogP contribution in [0, 0.1) is 34.0 Å². The van der Waals surface area contributed by atoms with Gasteiger partial charge < -0.3 is 25.2 Å². The number of hydrogen-bond acceptors (Lipinski definition) is 7. The van der Waals surface area contributed by atoms with Crippen molar-refractivity contribution in [3.8, 4) is 0 Å². The SMILES string of the molecule is CC12C(=O)C=CC(O)C1=CCC1C2CCC2(C)C(O)(C3CC4(C)C(=O)OC3CC4(C)O)CCC12O. The van der Waals surface area contributed by atoms with Gasteiger partial charge in [-0.2, -0.15) is 0 Å². The minimum absolute atomic E-state index is 0.0316. The zero-order chi connectivity index (χ0) is 25.4. The molecule has 0 spiro atoms. The largest absolute Gasteiger partial charge is 0.461 e. The lowest BCUT2D eigenvalue weighted by Crippen LogP contribution is -2.72. The third kappa shape index (κ3) is 2.47. The average Bonchev–Trinajstić information content (AvgIpc) is 3.00. The summed E-state index contributed by atoms with van der Waals surface area (Å²) in [7, 11) is 0. The molecular formula is C28H38O7. The second-order valence-electron chi connectivity index (χ2n) is 13.3. The summed E-state index contributed by atoms with van der Waals surface area (Å²) in [6.45, 7) is 7.28. The van der Waals surface area contributed by atoms with Gasteiger partial charge in [0.1, 0.15) is 6.10 Å². The molecule has 4 N–H and O–H groups in total. The molecule has 11 atom stereocenters. The summed E-state index contributed by atoms with van der Waals surface area (Å²) in [4.78, 5) is 25.9. The Morgan fingerprint density at radius 3 is 2.23 bits per heavy atom. The zero-order valence-corrected chi connectivity index (χ0v) is 21.1. The van der Waals surface area contributed by atoms with E-state index in [9.17, 15) is 30.0 Å². The summed E-state index contributed by atoms with van der Waals surface area (Å²) in [5.74, 6) is -1.19. The fraction of sp³-hybridized carbons (Fsp3) is 0.786. The van der Waals surface area contributed by atoms with Crippen LogP contribution in [0.4, 0.5) is 0 Å². The summed E-state index contributed by atoms with van der Waals surface area (Å²) in [6, 6.07) is 0. The van der Waals surface area contributed by atoms with Crippen molar-refractivity contribution in [2.45, 2.75) is 102 Å². The number of allylic oxidation sites excluding steroid dienone is 2. The molecule has 192 valence electrons. The summed E-state index contributed by atoms with van der Waals surface area (Å²) >= 11 is 0. The summed E-state index contributed by atoms with van der Waals surface area (Å²) < 4.78 is 5.76. The molecule has 7 nitrogen and oxygen atoms in total. The fourth-order valence-electron chi connectivity index (χ4n) is 9.57. The molecule has 2 aliphatic heterocycles. The van der Waals surface area contributed by atoms with E-state index in [-0.39, 0.29) is 30.0 Å². The van der Waals surface area contributed by atoms with Gasteiger partial charge in [-0.1, -0.05) is 13.0 Å². The van der Waals surface area contributed by atoms with Gasteiger partial charge in [-0.05, 0) is 88.9 Å². The lowest BCUT2D eigenvalue weighted by molar-refractivity contribution is -0.279. The maximum absolute atomic E-state index is 13.2. The maximum Gasteiger partial charge on any atom is 0.315 e. The Morgan fingerprint density at radius 1 is 0.914 bits per heavy atom. The molecule has 0 amide bonds. The number of esters is 1. The molecule has 0 aromatic carbocycles. The maximum atomic E-state index is 13.2. The van der Waals surface area contributed by atoms with Gasteiger partial charge in [0.25, 0.3) is 0 Å². The van der Waals surface area contributed by atoms with Crippen LogP contribution in [-0.2, 0) is 14.3 Å². The predicted octanol–water partition coefficient (Wildman–Crippen LogP) is 2.20. The fourth-order valence-corrected chi connectivity index (χ4v) is 9.57. The van der Waals surface area contributed by atoms with Gasteiger partial charge in [0.05, 0.1) is 33.7 Å². The van der Waals surface area contributed by atoms with E-state index in [1.807, 2.05) is 19.9 Å². The van der Waals surface area contributed by atoms with E-state index in [0.717, 1.165) is 5.57 Å². The zero-order valence-electron chi connectivity index (χ0n) is 21.1. The second kappa shape index (κ2) is 6.66. The minimum Gasteiger partial charge on any atom is -0.461 e. The predicted molar refractivity (Wildman–Crippen MR) is 126 cm³/mol. The Bertz CT molecular complexity index is 1080. The van der Waals surface area contributed by atoms with Gasteiger partial charge in [0.15, 0.2) is 5.78 Å². The molecular weight excluding hydrogens is 448 g/mol. The third-order valence-corrected chi connectivity index (χ3v) is 12.2. The van der Waals surface area contributed by atoms with Crippen molar-refractivity contribution in [1.29, 1.82) is 0 Å². The number of rotatable bonds is 1. The first-order valence-electron chi connectivity index (χ1n) is 13.2. The van der Waals surface area contributed by atoms with E-state index in [0.29, 0.717) is 38.5 Å². The lowest BCUT2D eigenvalue weighted by atomic mass is 9.43. The van der Waals surface area contributed by atoms with Gasteiger partial charge in [0, 0.05) is 17.8 Å². The van der Waals surface area contributed by atoms with Crippen molar-refractivity contribution in [3.05, 3.63) is 23.8 Å². The van der Waals surface area contributed by atoms with Crippen molar-refractivity contribution in [2.24, 2.45) is 34.0 Å². The monoisotopic (exact) mass is 486 g/mol. The van der Waals surface area contributed by atoms with Crippen molar-refractivity contribution in [2.75, 3.05) is 0 Å². The molecule has 7 rings (SSSR count). The van der Waals surface area contributed by atoms with E-state index < -0.39 is 51.2 Å². The molecule has 2 heterocycles. The molecule has 35 heavy (non-hydrogen) atoms. The number of aliphatic hydroxyl groups is 4. The average molecular weight is 487 g/mol. The molecule has 0 aromatic heterocycles. The van der Waals surface area contributed by atoms with E-state index in [1.54, 1.807) is 19.9 Å². The van der Waals surface area contributed by atoms with Crippen LogP contribution in [0.1, 0.15) is 72.6 Å². The first kappa shape index (κ1) is 23.8. The van der Waals surface area contributed by atoms with Gasteiger partial charge >= 0.3 is 5.97 Å². The smallest absolute Gasteiger partial charge is 0.315 e. The lowest BCUT2D eigenvalue weighted by Gasteiger charge is -2.64. The second-order valence-corrected chi connectivity index (χ2v) is 13.3. The molecule has 0 aromatic rings. The van der Waals surface area contributed by atoms with Crippen LogP contribution in [0.5, 0.6) is 0 Å². The van der Waals surface area contributed by atoms with Crippen LogP contribution in [0.25, 0.3) is 0 Å². The Labute approximate surface area is 206 Å². The minimum atomic E-state index is -1.27. The van der Waals surface area contributed by atoms with Gasteiger partial charge in [-0.15, -0.1) is 0 Å². The molecule has 5 aliphatic carbocycles. The van der Waals surface area contributed by atoms with Crippen molar-refractivity contribution in [3.63, 3.8) is 0 Å². The van der Waals surface area contributed by atoms with Gasteiger partial charge in [-0.3, -0.25) is 9.59 Å². The Hall–Kier alpha value is -1.54. The summed E-state index contributed by atoms with van der Waals surface area (Å²) in [5.41, 5.74) is -5.76. The number of hydrogen-bond donors (Lipinski definition) is 4. The van der Waals surface area contributed by atoms with Gasteiger partial charge in [0.2, 0.25) is 0 Å². The molecule has 11 unspecified atom stereocenters. The van der Waals surface area contributed by atoms with Crippen LogP contribution < -0.4 is 0 Å². The standard InChI is InChI=1S/C28H38O7/c1-23-13-18(20(35-22(23)31)14-25(23,3)32)28(34)12-11-27(33)16-5-6-17-19(29)7-8-21(30)26(17,4)15(16)9-10-24(27,28)2/h6-8,15-16,18-20,29,32-34H,5,9-14H2,1-4H3. The van der Waals surface area contributed by atoms with Gasteiger partial charge in [-0.25, -0.2) is 0 Å². The first-order valence-corrected chi connectivity index (χ1v) is 13.2. The quantitative estimate of drug-likeness (QED) is 0.331. The number of carbonyl (C=O) groups is 2. The van der Waals surface area contributed by atoms with Crippen LogP contribution in [0.2, 0.25) is 0 Å². The van der Waals surface area contributed by atoms with E-state index in [2.05, 4.69) is 0 Å². The van der Waals surface area contributed by atoms with Crippen molar-refractivity contribution >= 4 is 11.8 Å². The van der Waals surface area contributed by atoms with Crippen LogP contribution in [0.3, 0.4) is 0 Å². The first-order chi connectivity index (χ1) is 16.2. The van der Waals surface area contributed by atoms with E-state index in [1.165, 1.54) is 6.08 Å². The molecule has 3 saturated carbocycles. The number of aliphatic hydroxyl groups excluding tert-OH is 1. The molecule has 5 fully saturated rings. The molecule has 0 radical (unpaired) electrons. The molecule has 2 bridgehead atoms. The highest BCUT2D eigenvalue weighted by Gasteiger charge is 2.76. The molecule has 2 saturated heterocycles. The Morgan fingerprint density at radius 2 is 1.57 bits per heavy atom. The summed E-state index contributed by atoms with van der Waals surface area (Å²) in [6.07, 6.45) is 6.67. The Balaban J connectivity index is 1.39. The van der Waals surface area contributed by atoms with Crippen LogP contribution in [0.15, 0.2) is 23.8 Å². The highest BCUT2D eigenvalue weighted by atomic mass is 16.6. The van der Waals surface area contributed by atoms with Crippen LogP contribution in [-0.4, -0.2) is 61.2 Å². The van der Waals surface area contributed by atoms with Crippen molar-refractivity contribution < 1.29 is 34.8 Å². The Kier molecular flexibility index (Phi) is 4.53. The highest BCUT2D eigenvalue weighted by Crippen LogP contribution is 2.71. The topological polar surface area (TPSA) is 124 Å². The summed E-state index contributed by atoms with van der Waals surface area (Å²) in [5, 5.41) is 46.5. The van der Waals surface area contributed by atoms with Crippen molar-refractivity contribution in [1.82, 2.24) is 0 Å².